The summed E-state index contributed by atoms with van der Waals surface area (Å²) in [6.07, 6.45) is 1.21. The first-order chi connectivity index (χ1) is 8.06. The number of ether oxygens (including phenoxy) is 1. The van der Waals surface area contributed by atoms with Gasteiger partial charge in [0.05, 0.1) is 23.6 Å². The Kier molecular flexibility index (Phi) is 2.23. The van der Waals surface area contributed by atoms with Crippen molar-refractivity contribution in [1.82, 2.24) is 14.4 Å². The van der Waals surface area contributed by atoms with E-state index in [1.807, 2.05) is 6.92 Å². The van der Waals surface area contributed by atoms with Gasteiger partial charge in [-0.25, -0.2) is 9.97 Å². The molecular weight excluding hydrogens is 214 g/mol. The van der Waals surface area contributed by atoms with Crippen LogP contribution >= 0.6 is 0 Å². The molecule has 0 aliphatic carbocycles. The molecule has 2 aromatic heterocycles. The summed E-state index contributed by atoms with van der Waals surface area (Å²) in [6, 6.07) is 2.08. The van der Waals surface area contributed by atoms with Crippen molar-refractivity contribution in [3.63, 3.8) is 0 Å². The second-order valence-corrected chi connectivity index (χ2v) is 4.91. The van der Waals surface area contributed by atoms with E-state index in [2.05, 4.69) is 41.2 Å². The van der Waals surface area contributed by atoms with E-state index in [1.165, 1.54) is 11.4 Å². The maximum atomic E-state index is 5.88. The van der Waals surface area contributed by atoms with E-state index in [4.69, 9.17) is 4.74 Å². The molecule has 3 rings (SSSR count). The number of nitrogens with zero attached hydrogens (tertiary/aromatic N) is 3. The third-order valence-corrected chi connectivity index (χ3v) is 3.32. The summed E-state index contributed by atoms with van der Waals surface area (Å²) >= 11 is 0. The highest BCUT2D eigenvalue weighted by atomic mass is 16.5. The van der Waals surface area contributed by atoms with Crippen molar-refractivity contribution in [2.75, 3.05) is 0 Å². The molecule has 0 bridgehead atoms. The first kappa shape index (κ1) is 10.7. The van der Waals surface area contributed by atoms with Crippen LogP contribution in [0.2, 0.25) is 0 Å². The molecule has 0 aromatic carbocycles. The predicted molar refractivity (Wildman–Crippen MR) is 65.1 cm³/mol. The summed E-state index contributed by atoms with van der Waals surface area (Å²) in [4.78, 5) is 9.14. The Bertz CT molecular complexity index is 588. The van der Waals surface area contributed by atoms with Gasteiger partial charge < -0.3 is 4.74 Å². The minimum absolute atomic E-state index is 0.0898. The fraction of sp³-hybridized carbons (Fsp3) is 0.538. The Morgan fingerprint density at radius 1 is 1.29 bits per heavy atom. The molecule has 2 aromatic rings. The normalized spacial score (nSPS) is 24.0. The Balaban J connectivity index is 2.32. The zero-order valence-electron chi connectivity index (χ0n) is 10.7. The van der Waals surface area contributed by atoms with Crippen LogP contribution in [0.5, 0.6) is 0 Å². The summed E-state index contributed by atoms with van der Waals surface area (Å²) in [5.41, 5.74) is 4.49. The Morgan fingerprint density at radius 3 is 2.82 bits per heavy atom. The molecule has 1 aliphatic heterocycles. The van der Waals surface area contributed by atoms with Gasteiger partial charge in [-0.2, -0.15) is 0 Å². The summed E-state index contributed by atoms with van der Waals surface area (Å²) < 4.78 is 8.00. The quantitative estimate of drug-likeness (QED) is 0.698. The van der Waals surface area contributed by atoms with Crippen molar-refractivity contribution in [2.24, 2.45) is 0 Å². The van der Waals surface area contributed by atoms with Crippen LogP contribution in [0.15, 0.2) is 6.07 Å². The topological polar surface area (TPSA) is 39.4 Å². The minimum Gasteiger partial charge on any atom is -0.369 e. The molecule has 0 N–H and O–H groups in total. The van der Waals surface area contributed by atoms with Crippen molar-refractivity contribution >= 4 is 5.78 Å². The molecule has 3 heterocycles. The van der Waals surface area contributed by atoms with Gasteiger partial charge in [-0.1, -0.05) is 0 Å². The van der Waals surface area contributed by atoms with E-state index in [9.17, 15) is 0 Å². The van der Waals surface area contributed by atoms with E-state index < -0.39 is 0 Å². The Labute approximate surface area is 101 Å². The van der Waals surface area contributed by atoms with Gasteiger partial charge in [0.2, 0.25) is 5.78 Å². The molecular formula is C13H17N3O. The fourth-order valence-corrected chi connectivity index (χ4v) is 2.74. The standard InChI is InChI=1S/C13H17N3O/c1-7-5-8(2)16-12-10(4)17-9(3)6-11(12)15-13(16)14-7/h5,9-10H,6H2,1-4H3. The fourth-order valence-electron chi connectivity index (χ4n) is 2.74. The van der Waals surface area contributed by atoms with Crippen molar-refractivity contribution in [3.05, 3.63) is 28.8 Å². The van der Waals surface area contributed by atoms with Crippen LogP contribution in [0.3, 0.4) is 0 Å². The number of rotatable bonds is 0. The lowest BCUT2D eigenvalue weighted by Crippen LogP contribution is -2.23. The first-order valence-electron chi connectivity index (χ1n) is 6.07. The molecule has 90 valence electrons. The maximum Gasteiger partial charge on any atom is 0.234 e. The molecule has 17 heavy (non-hydrogen) atoms. The lowest BCUT2D eigenvalue weighted by atomic mass is 10.1. The van der Waals surface area contributed by atoms with E-state index in [-0.39, 0.29) is 12.2 Å². The van der Waals surface area contributed by atoms with Crippen LogP contribution in [0.4, 0.5) is 0 Å². The predicted octanol–water partition coefficient (Wildman–Crippen LogP) is 2.37. The first-order valence-corrected chi connectivity index (χ1v) is 6.07. The Hall–Kier alpha value is -1.42. The van der Waals surface area contributed by atoms with E-state index in [1.54, 1.807) is 0 Å². The highest BCUT2D eigenvalue weighted by molar-refractivity contribution is 5.41. The molecule has 1 aliphatic rings. The highest BCUT2D eigenvalue weighted by Crippen LogP contribution is 2.30. The van der Waals surface area contributed by atoms with Crippen molar-refractivity contribution in [1.29, 1.82) is 0 Å². The third-order valence-electron chi connectivity index (χ3n) is 3.32. The Morgan fingerprint density at radius 2 is 2.06 bits per heavy atom. The lowest BCUT2D eigenvalue weighted by molar-refractivity contribution is -0.00842. The van der Waals surface area contributed by atoms with Crippen LogP contribution in [0.1, 0.15) is 42.7 Å². The van der Waals surface area contributed by atoms with Gasteiger partial charge in [0, 0.05) is 17.8 Å². The molecule has 4 heteroatoms. The van der Waals surface area contributed by atoms with Gasteiger partial charge in [0.25, 0.3) is 0 Å². The molecule has 2 unspecified atom stereocenters. The number of fused-ring (bicyclic) bond motifs is 3. The average molecular weight is 231 g/mol. The van der Waals surface area contributed by atoms with E-state index in [0.717, 1.165) is 23.6 Å². The highest BCUT2D eigenvalue weighted by Gasteiger charge is 2.27. The van der Waals surface area contributed by atoms with Crippen LogP contribution in [-0.2, 0) is 11.2 Å². The largest absolute Gasteiger partial charge is 0.369 e. The molecule has 0 spiro atoms. The second-order valence-electron chi connectivity index (χ2n) is 4.91. The van der Waals surface area contributed by atoms with Crippen molar-refractivity contribution < 1.29 is 4.74 Å². The van der Waals surface area contributed by atoms with Gasteiger partial charge in [-0.05, 0) is 33.8 Å². The summed E-state index contributed by atoms with van der Waals surface area (Å²) in [5.74, 6) is 0.803. The van der Waals surface area contributed by atoms with Crippen molar-refractivity contribution in [2.45, 2.75) is 46.3 Å². The number of hydrogen-bond donors (Lipinski definition) is 0. The van der Waals surface area contributed by atoms with E-state index in [0.29, 0.717) is 0 Å². The SMILES string of the molecule is Cc1cc(C)n2c3c(nc2n1)CC(C)OC3C. The van der Waals surface area contributed by atoms with Crippen LogP contribution in [0, 0.1) is 13.8 Å². The molecule has 0 radical (unpaired) electrons. The van der Waals surface area contributed by atoms with Gasteiger partial charge in [-0.3, -0.25) is 4.40 Å². The number of aromatic nitrogens is 3. The molecule has 0 fully saturated rings. The van der Waals surface area contributed by atoms with Gasteiger partial charge in [0.1, 0.15) is 0 Å². The third kappa shape index (κ3) is 1.55. The number of aryl methyl sites for hydroxylation is 2. The second kappa shape index (κ2) is 3.53. The van der Waals surface area contributed by atoms with Gasteiger partial charge in [0.15, 0.2) is 0 Å². The molecule has 4 nitrogen and oxygen atoms in total. The zero-order valence-corrected chi connectivity index (χ0v) is 10.7. The number of hydrogen-bond acceptors (Lipinski definition) is 3. The minimum atomic E-state index is 0.0898. The zero-order chi connectivity index (χ0) is 12.2. The van der Waals surface area contributed by atoms with Crippen LogP contribution in [-0.4, -0.2) is 20.5 Å². The average Bonchev–Trinajstić information content (AvgIpc) is 2.55. The summed E-state index contributed by atoms with van der Waals surface area (Å²) in [7, 11) is 0. The molecule has 0 amide bonds. The molecule has 0 saturated carbocycles. The van der Waals surface area contributed by atoms with Crippen LogP contribution in [0.25, 0.3) is 5.78 Å². The van der Waals surface area contributed by atoms with Crippen molar-refractivity contribution in [3.8, 4) is 0 Å². The molecule has 0 saturated heterocycles. The summed E-state index contributed by atoms with van der Waals surface area (Å²) in [6.45, 7) is 8.27. The lowest BCUT2D eigenvalue weighted by Gasteiger charge is -2.25. The van der Waals surface area contributed by atoms with E-state index >= 15 is 0 Å². The van der Waals surface area contributed by atoms with Gasteiger partial charge >= 0.3 is 0 Å². The van der Waals surface area contributed by atoms with Gasteiger partial charge in [-0.15, -0.1) is 0 Å². The summed E-state index contributed by atoms with van der Waals surface area (Å²) in [5, 5.41) is 0. The maximum absolute atomic E-state index is 5.88. The smallest absolute Gasteiger partial charge is 0.234 e. The number of imidazole rings is 1. The molecule has 2 atom stereocenters. The monoisotopic (exact) mass is 231 g/mol. The van der Waals surface area contributed by atoms with Crippen LogP contribution < -0.4 is 0 Å².